The quantitative estimate of drug-likeness (QED) is 0.894. The summed E-state index contributed by atoms with van der Waals surface area (Å²) in [7, 11) is 0. The van der Waals surface area contributed by atoms with E-state index in [4.69, 9.17) is 17.3 Å². The highest BCUT2D eigenvalue weighted by Crippen LogP contribution is 2.24. The fraction of sp³-hybridized carbons (Fsp3) is 0.533. The minimum absolute atomic E-state index is 0.0143. The molecule has 104 valence electrons. The molecule has 2 unspecified atom stereocenters. The third-order valence-electron chi connectivity index (χ3n) is 3.96. The second kappa shape index (κ2) is 6.40. The van der Waals surface area contributed by atoms with Crippen LogP contribution >= 0.6 is 11.6 Å². The molecule has 1 amide bonds. The Bertz CT molecular complexity index is 461. The van der Waals surface area contributed by atoms with Crippen LogP contribution in [0.5, 0.6) is 0 Å². The molecule has 4 heteroatoms. The number of nitrogens with two attached hydrogens (primary N) is 1. The number of carbonyl (C=O) groups is 1. The van der Waals surface area contributed by atoms with Crippen LogP contribution in [0.25, 0.3) is 0 Å². The molecule has 0 heterocycles. The molecule has 0 bridgehead atoms. The molecule has 0 aliphatic heterocycles. The van der Waals surface area contributed by atoms with E-state index >= 15 is 0 Å². The first-order valence-corrected chi connectivity index (χ1v) is 7.26. The number of benzene rings is 1. The van der Waals surface area contributed by atoms with Gasteiger partial charge in [0.05, 0.1) is 0 Å². The molecule has 1 aliphatic rings. The van der Waals surface area contributed by atoms with Crippen molar-refractivity contribution in [3.63, 3.8) is 0 Å². The first-order valence-electron chi connectivity index (χ1n) is 6.89. The molecule has 1 aromatic rings. The summed E-state index contributed by atoms with van der Waals surface area (Å²) in [4.78, 5) is 12.3. The normalized spacial score (nSPS) is 23.1. The van der Waals surface area contributed by atoms with E-state index < -0.39 is 0 Å². The Morgan fingerprint density at radius 1 is 1.42 bits per heavy atom. The van der Waals surface area contributed by atoms with Crippen LogP contribution in [0.3, 0.4) is 0 Å². The van der Waals surface area contributed by atoms with Crippen molar-refractivity contribution in [2.75, 3.05) is 6.54 Å². The van der Waals surface area contributed by atoms with E-state index in [-0.39, 0.29) is 11.9 Å². The lowest BCUT2D eigenvalue weighted by Crippen LogP contribution is -2.44. The lowest BCUT2D eigenvalue weighted by atomic mass is 9.84. The number of halogens is 1. The van der Waals surface area contributed by atoms with Gasteiger partial charge in [-0.1, -0.05) is 24.4 Å². The number of carbonyl (C=O) groups excluding carboxylic acids is 1. The zero-order chi connectivity index (χ0) is 13.8. The molecule has 0 spiro atoms. The molecule has 3 nitrogen and oxygen atoms in total. The highest BCUT2D eigenvalue weighted by molar-refractivity contribution is 6.30. The summed E-state index contributed by atoms with van der Waals surface area (Å²) >= 11 is 5.91. The molecule has 2 atom stereocenters. The van der Waals surface area contributed by atoms with E-state index in [9.17, 15) is 4.79 Å². The van der Waals surface area contributed by atoms with Gasteiger partial charge < -0.3 is 11.1 Å². The van der Waals surface area contributed by atoms with Gasteiger partial charge in [-0.15, -0.1) is 0 Å². The van der Waals surface area contributed by atoms with E-state index in [1.165, 1.54) is 12.8 Å². The Balaban J connectivity index is 2.07. The van der Waals surface area contributed by atoms with Gasteiger partial charge in [0.15, 0.2) is 0 Å². The zero-order valence-corrected chi connectivity index (χ0v) is 12.0. The topological polar surface area (TPSA) is 55.1 Å². The van der Waals surface area contributed by atoms with Crippen molar-refractivity contribution in [2.24, 2.45) is 11.7 Å². The number of hydrogen-bond acceptors (Lipinski definition) is 2. The third kappa shape index (κ3) is 3.48. The van der Waals surface area contributed by atoms with E-state index in [2.05, 4.69) is 5.32 Å². The van der Waals surface area contributed by atoms with Gasteiger partial charge in [0.25, 0.3) is 5.91 Å². The highest BCUT2D eigenvalue weighted by Gasteiger charge is 2.25. The minimum atomic E-state index is -0.0143. The van der Waals surface area contributed by atoms with Crippen molar-refractivity contribution in [1.29, 1.82) is 0 Å². The van der Waals surface area contributed by atoms with Gasteiger partial charge in [-0.25, -0.2) is 0 Å². The molecule has 0 radical (unpaired) electrons. The first-order chi connectivity index (χ1) is 9.11. The van der Waals surface area contributed by atoms with Gasteiger partial charge in [-0.3, -0.25) is 4.79 Å². The average molecular weight is 281 g/mol. The van der Waals surface area contributed by atoms with Crippen molar-refractivity contribution in [3.05, 3.63) is 34.3 Å². The Morgan fingerprint density at radius 2 is 2.16 bits per heavy atom. The summed E-state index contributed by atoms with van der Waals surface area (Å²) in [6, 6.07) is 5.57. The van der Waals surface area contributed by atoms with Crippen LogP contribution in [0.2, 0.25) is 5.02 Å². The summed E-state index contributed by atoms with van der Waals surface area (Å²) < 4.78 is 0. The van der Waals surface area contributed by atoms with Crippen molar-refractivity contribution in [2.45, 2.75) is 38.6 Å². The van der Waals surface area contributed by atoms with E-state index in [1.54, 1.807) is 12.1 Å². The second-order valence-electron chi connectivity index (χ2n) is 5.32. The van der Waals surface area contributed by atoms with Crippen LogP contribution < -0.4 is 11.1 Å². The number of nitrogens with one attached hydrogen (secondary N) is 1. The second-order valence-corrected chi connectivity index (χ2v) is 5.76. The van der Waals surface area contributed by atoms with E-state index in [0.29, 0.717) is 23.0 Å². The molecule has 0 aromatic heterocycles. The minimum Gasteiger partial charge on any atom is -0.349 e. The Morgan fingerprint density at radius 3 is 2.84 bits per heavy atom. The molecule has 2 rings (SSSR count). The predicted octanol–water partition coefficient (Wildman–Crippen LogP) is 2.90. The summed E-state index contributed by atoms with van der Waals surface area (Å²) in [6.07, 6.45) is 4.52. The molecule has 1 aromatic carbocycles. The van der Waals surface area contributed by atoms with Crippen LogP contribution in [0.1, 0.15) is 41.6 Å². The highest BCUT2D eigenvalue weighted by atomic mass is 35.5. The molecule has 1 saturated carbocycles. The molecule has 3 N–H and O–H groups in total. The van der Waals surface area contributed by atoms with Gasteiger partial charge in [-0.2, -0.15) is 0 Å². The molecular formula is C15H21ClN2O. The maximum Gasteiger partial charge on any atom is 0.251 e. The van der Waals surface area contributed by atoms with Crippen molar-refractivity contribution in [1.82, 2.24) is 5.32 Å². The maximum atomic E-state index is 12.3. The van der Waals surface area contributed by atoms with Gasteiger partial charge >= 0.3 is 0 Å². The predicted molar refractivity (Wildman–Crippen MR) is 78.5 cm³/mol. The van der Waals surface area contributed by atoms with Crippen LogP contribution in [0, 0.1) is 12.8 Å². The third-order valence-corrected chi connectivity index (χ3v) is 4.20. The number of hydrogen-bond donors (Lipinski definition) is 2. The lowest BCUT2D eigenvalue weighted by molar-refractivity contribution is 0.0907. The van der Waals surface area contributed by atoms with Crippen molar-refractivity contribution < 1.29 is 4.79 Å². The fourth-order valence-corrected chi connectivity index (χ4v) is 3.03. The maximum absolute atomic E-state index is 12.3. The Labute approximate surface area is 119 Å². The monoisotopic (exact) mass is 280 g/mol. The number of amides is 1. The van der Waals surface area contributed by atoms with Gasteiger partial charge in [0, 0.05) is 16.6 Å². The lowest BCUT2D eigenvalue weighted by Gasteiger charge is -2.31. The molecule has 1 aliphatic carbocycles. The number of aryl methyl sites for hydroxylation is 1. The Hall–Kier alpha value is -1.06. The fourth-order valence-electron chi connectivity index (χ4n) is 2.81. The molecule has 0 saturated heterocycles. The van der Waals surface area contributed by atoms with E-state index in [1.807, 2.05) is 13.0 Å². The molecule has 19 heavy (non-hydrogen) atoms. The van der Waals surface area contributed by atoms with Crippen LogP contribution in [0.4, 0.5) is 0 Å². The molecular weight excluding hydrogens is 260 g/mol. The molecule has 1 fully saturated rings. The smallest absolute Gasteiger partial charge is 0.251 e. The van der Waals surface area contributed by atoms with Crippen molar-refractivity contribution in [3.8, 4) is 0 Å². The summed E-state index contributed by atoms with van der Waals surface area (Å²) in [5.74, 6) is 0.393. The number of rotatable bonds is 3. The SMILES string of the molecule is Cc1cc(Cl)ccc1C(=O)NC1CCCCC1CN. The summed E-state index contributed by atoms with van der Waals surface area (Å²) in [5.41, 5.74) is 7.40. The van der Waals surface area contributed by atoms with E-state index in [0.717, 1.165) is 18.4 Å². The first kappa shape index (κ1) is 14.4. The summed E-state index contributed by atoms with van der Waals surface area (Å²) in [6.45, 7) is 2.55. The van der Waals surface area contributed by atoms with Crippen LogP contribution in [-0.4, -0.2) is 18.5 Å². The van der Waals surface area contributed by atoms with Crippen molar-refractivity contribution >= 4 is 17.5 Å². The Kier molecular flexibility index (Phi) is 4.83. The zero-order valence-electron chi connectivity index (χ0n) is 11.3. The van der Waals surface area contributed by atoms with Gasteiger partial charge in [-0.05, 0) is 56.0 Å². The summed E-state index contributed by atoms with van der Waals surface area (Å²) in [5, 5.41) is 3.79. The van der Waals surface area contributed by atoms with Gasteiger partial charge in [0.1, 0.15) is 0 Å². The largest absolute Gasteiger partial charge is 0.349 e. The standard InChI is InChI=1S/C15H21ClN2O/c1-10-8-12(16)6-7-13(10)15(19)18-14-5-3-2-4-11(14)9-17/h6-8,11,14H,2-5,9,17H2,1H3,(H,18,19). The van der Waals surface area contributed by atoms with Crippen LogP contribution in [0.15, 0.2) is 18.2 Å². The van der Waals surface area contributed by atoms with Gasteiger partial charge in [0.2, 0.25) is 0 Å². The van der Waals surface area contributed by atoms with Crippen LogP contribution in [-0.2, 0) is 0 Å². The average Bonchev–Trinajstić information content (AvgIpc) is 2.39.